The number of ether oxygens (including phenoxy) is 1. The second-order valence-corrected chi connectivity index (χ2v) is 3.47. The first kappa shape index (κ1) is 11.8. The van der Waals surface area contributed by atoms with Crippen molar-refractivity contribution in [1.82, 2.24) is 0 Å². The monoisotopic (exact) mass is 207 g/mol. The van der Waals surface area contributed by atoms with Crippen LogP contribution in [0, 0.1) is 0 Å². The fourth-order valence-corrected chi connectivity index (χ4v) is 1.49. The Hall–Kier alpha value is -0.240. The third kappa shape index (κ3) is 2.41. The van der Waals surface area contributed by atoms with Gasteiger partial charge < -0.3 is 30.9 Å². The maximum atomic E-state index is 9.47. The Kier molecular flexibility index (Phi) is 4.24. The standard InChI is InChI=1S/C8H17NO5/c9-3-1-2-4-5(10)6(11)7(12)8(13)14-4/h4-8,10-13H,1-3,9H2. The van der Waals surface area contributed by atoms with E-state index in [9.17, 15) is 10.2 Å². The lowest BCUT2D eigenvalue weighted by molar-refractivity contribution is -0.282. The number of rotatable bonds is 3. The SMILES string of the molecule is NCCCC1OC(O)C(O)C(O)C1O. The summed E-state index contributed by atoms with van der Waals surface area (Å²) in [7, 11) is 0. The molecule has 1 aliphatic heterocycles. The van der Waals surface area contributed by atoms with E-state index in [0.717, 1.165) is 0 Å². The minimum Gasteiger partial charge on any atom is -0.388 e. The van der Waals surface area contributed by atoms with Crippen molar-refractivity contribution >= 4 is 0 Å². The highest BCUT2D eigenvalue weighted by atomic mass is 16.6. The first-order valence-corrected chi connectivity index (χ1v) is 4.65. The largest absolute Gasteiger partial charge is 0.388 e. The van der Waals surface area contributed by atoms with Gasteiger partial charge in [0.15, 0.2) is 6.29 Å². The normalized spacial score (nSPS) is 43.9. The highest BCUT2D eigenvalue weighted by molar-refractivity contribution is 4.88. The Bertz CT molecular complexity index is 179. The van der Waals surface area contributed by atoms with Gasteiger partial charge >= 0.3 is 0 Å². The van der Waals surface area contributed by atoms with Crippen LogP contribution in [0.5, 0.6) is 0 Å². The molecule has 0 aromatic rings. The Morgan fingerprint density at radius 2 is 1.64 bits per heavy atom. The highest BCUT2D eigenvalue weighted by Gasteiger charge is 2.42. The second kappa shape index (κ2) is 5.01. The molecule has 0 bridgehead atoms. The van der Waals surface area contributed by atoms with Crippen LogP contribution in [0.3, 0.4) is 0 Å². The van der Waals surface area contributed by atoms with Crippen LogP contribution in [0.25, 0.3) is 0 Å². The van der Waals surface area contributed by atoms with E-state index < -0.39 is 30.7 Å². The summed E-state index contributed by atoms with van der Waals surface area (Å²) in [6.45, 7) is 0.446. The van der Waals surface area contributed by atoms with E-state index in [2.05, 4.69) is 0 Å². The number of aliphatic hydroxyl groups is 4. The van der Waals surface area contributed by atoms with Crippen LogP contribution in [0.15, 0.2) is 0 Å². The molecule has 5 unspecified atom stereocenters. The van der Waals surface area contributed by atoms with E-state index in [1.807, 2.05) is 0 Å². The average Bonchev–Trinajstić information content (AvgIpc) is 2.18. The molecular weight excluding hydrogens is 190 g/mol. The number of aliphatic hydroxyl groups excluding tert-OH is 4. The van der Waals surface area contributed by atoms with Crippen LogP contribution in [-0.4, -0.2) is 57.7 Å². The number of nitrogens with two attached hydrogens (primary N) is 1. The minimum atomic E-state index is -1.46. The van der Waals surface area contributed by atoms with Crippen molar-refractivity contribution in [2.24, 2.45) is 5.73 Å². The molecule has 6 nitrogen and oxygen atoms in total. The van der Waals surface area contributed by atoms with Gasteiger partial charge in [-0.2, -0.15) is 0 Å². The molecule has 5 atom stereocenters. The molecule has 0 radical (unpaired) electrons. The molecule has 1 rings (SSSR count). The van der Waals surface area contributed by atoms with Crippen molar-refractivity contribution in [2.45, 2.75) is 43.5 Å². The van der Waals surface area contributed by atoms with Gasteiger partial charge in [-0.3, -0.25) is 0 Å². The molecule has 0 aromatic heterocycles. The second-order valence-electron chi connectivity index (χ2n) is 3.47. The Balaban J connectivity index is 2.52. The van der Waals surface area contributed by atoms with Crippen molar-refractivity contribution in [2.75, 3.05) is 6.54 Å². The molecule has 6 heteroatoms. The summed E-state index contributed by atoms with van der Waals surface area (Å²) in [4.78, 5) is 0. The van der Waals surface area contributed by atoms with Crippen LogP contribution in [0.1, 0.15) is 12.8 Å². The summed E-state index contributed by atoms with van der Waals surface area (Å²) < 4.78 is 4.92. The number of hydrogen-bond acceptors (Lipinski definition) is 6. The van der Waals surface area contributed by atoms with E-state index in [1.54, 1.807) is 0 Å². The average molecular weight is 207 g/mol. The van der Waals surface area contributed by atoms with E-state index in [-0.39, 0.29) is 0 Å². The third-order valence-electron chi connectivity index (χ3n) is 2.38. The lowest BCUT2D eigenvalue weighted by Gasteiger charge is -2.38. The first-order valence-electron chi connectivity index (χ1n) is 4.65. The molecule has 0 spiro atoms. The topological polar surface area (TPSA) is 116 Å². The van der Waals surface area contributed by atoms with Crippen LogP contribution >= 0.6 is 0 Å². The summed E-state index contributed by atoms with van der Waals surface area (Å²) in [5.41, 5.74) is 5.28. The lowest BCUT2D eigenvalue weighted by Crippen LogP contribution is -2.57. The van der Waals surface area contributed by atoms with Crippen molar-refractivity contribution in [3.63, 3.8) is 0 Å². The van der Waals surface area contributed by atoms with Crippen LogP contribution in [-0.2, 0) is 4.74 Å². The smallest absolute Gasteiger partial charge is 0.183 e. The van der Waals surface area contributed by atoms with Gasteiger partial charge in [0.2, 0.25) is 0 Å². The van der Waals surface area contributed by atoms with Crippen molar-refractivity contribution in [3.05, 3.63) is 0 Å². The molecular formula is C8H17NO5. The van der Waals surface area contributed by atoms with Crippen LogP contribution in [0.2, 0.25) is 0 Å². The molecule has 84 valence electrons. The summed E-state index contributed by atoms with van der Waals surface area (Å²) >= 11 is 0. The molecule has 6 N–H and O–H groups in total. The molecule has 0 amide bonds. The first-order chi connectivity index (χ1) is 6.57. The fourth-order valence-electron chi connectivity index (χ4n) is 1.49. The van der Waals surface area contributed by atoms with E-state index in [1.165, 1.54) is 0 Å². The van der Waals surface area contributed by atoms with Gasteiger partial charge in [0.05, 0.1) is 6.10 Å². The minimum absolute atomic E-state index is 0.443. The molecule has 1 saturated heterocycles. The van der Waals surface area contributed by atoms with Crippen molar-refractivity contribution in [1.29, 1.82) is 0 Å². The molecule has 1 fully saturated rings. The molecule has 14 heavy (non-hydrogen) atoms. The predicted molar refractivity (Wildman–Crippen MR) is 47.2 cm³/mol. The molecule has 0 aromatic carbocycles. The van der Waals surface area contributed by atoms with Crippen molar-refractivity contribution in [3.8, 4) is 0 Å². The fraction of sp³-hybridized carbons (Fsp3) is 1.00. The summed E-state index contributed by atoms with van der Waals surface area (Å²) in [6, 6.07) is 0. The maximum Gasteiger partial charge on any atom is 0.183 e. The third-order valence-corrected chi connectivity index (χ3v) is 2.38. The van der Waals surface area contributed by atoms with E-state index in [0.29, 0.717) is 19.4 Å². The summed E-state index contributed by atoms with van der Waals surface area (Å²) in [6.07, 6.45) is -5.07. The van der Waals surface area contributed by atoms with Gasteiger partial charge in [-0.05, 0) is 19.4 Å². The van der Waals surface area contributed by atoms with Gasteiger partial charge in [-0.15, -0.1) is 0 Å². The molecule has 1 heterocycles. The summed E-state index contributed by atoms with van der Waals surface area (Å²) in [5.74, 6) is 0. The molecule has 1 aliphatic rings. The number of hydrogen-bond donors (Lipinski definition) is 5. The zero-order valence-electron chi connectivity index (χ0n) is 7.78. The Morgan fingerprint density at radius 3 is 2.21 bits per heavy atom. The maximum absolute atomic E-state index is 9.47. The predicted octanol–water partition coefficient (Wildman–Crippen LogP) is -2.47. The zero-order valence-corrected chi connectivity index (χ0v) is 7.78. The highest BCUT2D eigenvalue weighted by Crippen LogP contribution is 2.22. The zero-order chi connectivity index (χ0) is 10.7. The Morgan fingerprint density at radius 1 is 1.00 bits per heavy atom. The van der Waals surface area contributed by atoms with Crippen LogP contribution in [0.4, 0.5) is 0 Å². The van der Waals surface area contributed by atoms with Crippen LogP contribution < -0.4 is 5.73 Å². The molecule has 0 aliphatic carbocycles. The Labute approximate surface area is 81.9 Å². The van der Waals surface area contributed by atoms with Gasteiger partial charge in [0.25, 0.3) is 0 Å². The van der Waals surface area contributed by atoms with Gasteiger partial charge in [0, 0.05) is 0 Å². The van der Waals surface area contributed by atoms with Gasteiger partial charge in [-0.1, -0.05) is 0 Å². The van der Waals surface area contributed by atoms with Gasteiger partial charge in [0.1, 0.15) is 18.3 Å². The quantitative estimate of drug-likeness (QED) is 0.350. The van der Waals surface area contributed by atoms with Crippen molar-refractivity contribution < 1.29 is 25.2 Å². The van der Waals surface area contributed by atoms with E-state index >= 15 is 0 Å². The summed E-state index contributed by atoms with van der Waals surface area (Å²) in [5, 5.41) is 37.1. The van der Waals surface area contributed by atoms with E-state index in [4.69, 9.17) is 20.7 Å². The van der Waals surface area contributed by atoms with Gasteiger partial charge in [-0.25, -0.2) is 0 Å². The molecule has 0 saturated carbocycles. The lowest BCUT2D eigenvalue weighted by atomic mass is 9.96.